The van der Waals surface area contributed by atoms with Crippen LogP contribution in [0, 0.1) is 5.92 Å². The summed E-state index contributed by atoms with van der Waals surface area (Å²) in [4.78, 5) is 2.58. The molecule has 0 spiro atoms. The lowest BCUT2D eigenvalue weighted by Crippen LogP contribution is -2.42. The van der Waals surface area contributed by atoms with Gasteiger partial charge in [-0.15, -0.1) is 0 Å². The smallest absolute Gasteiger partial charge is 0.122 e. The minimum Gasteiger partial charge on any atom is -0.468 e. The minimum atomic E-state index is 0.241. The van der Waals surface area contributed by atoms with Crippen molar-refractivity contribution < 1.29 is 4.42 Å². The van der Waals surface area contributed by atoms with Crippen LogP contribution in [0.2, 0.25) is 0 Å². The van der Waals surface area contributed by atoms with E-state index in [1.165, 1.54) is 25.7 Å². The predicted molar refractivity (Wildman–Crippen MR) is 74.3 cm³/mol. The third-order valence-electron chi connectivity index (χ3n) is 3.86. The summed E-state index contributed by atoms with van der Waals surface area (Å²) in [5.74, 6) is 1.68. The molecular formula is C15H26N2O. The Kier molecular flexibility index (Phi) is 4.84. The summed E-state index contributed by atoms with van der Waals surface area (Å²) in [5.41, 5.74) is 6.01. The molecule has 1 fully saturated rings. The van der Waals surface area contributed by atoms with Gasteiger partial charge in [0.25, 0.3) is 0 Å². The van der Waals surface area contributed by atoms with Gasteiger partial charge in [0.2, 0.25) is 0 Å². The number of hydrogen-bond donors (Lipinski definition) is 1. The Bertz CT molecular complexity index is 328. The standard InChI is InChI=1S/C15H26N2O/c1-12(2)11-17(13-6-3-4-7-13)14(10-16)15-8-5-9-18-15/h5,8-9,12-14H,3-4,6-7,10-11,16H2,1-2H3. The zero-order chi connectivity index (χ0) is 13.0. The molecule has 1 aliphatic carbocycles. The van der Waals surface area contributed by atoms with Gasteiger partial charge in [-0.2, -0.15) is 0 Å². The molecule has 0 amide bonds. The number of nitrogens with two attached hydrogens (primary N) is 1. The quantitative estimate of drug-likeness (QED) is 0.843. The van der Waals surface area contributed by atoms with Crippen LogP contribution in [0.25, 0.3) is 0 Å². The Morgan fingerprint density at radius 2 is 2.11 bits per heavy atom. The molecule has 2 rings (SSSR count). The zero-order valence-electron chi connectivity index (χ0n) is 11.6. The van der Waals surface area contributed by atoms with Gasteiger partial charge in [0.1, 0.15) is 5.76 Å². The minimum absolute atomic E-state index is 0.241. The molecule has 1 aromatic heterocycles. The van der Waals surface area contributed by atoms with Gasteiger partial charge in [-0.1, -0.05) is 26.7 Å². The molecule has 3 heteroatoms. The fraction of sp³-hybridized carbons (Fsp3) is 0.733. The molecule has 1 unspecified atom stereocenters. The first-order valence-electron chi connectivity index (χ1n) is 7.21. The van der Waals surface area contributed by atoms with Crippen LogP contribution in [0.15, 0.2) is 22.8 Å². The molecule has 0 bridgehead atoms. The van der Waals surface area contributed by atoms with E-state index in [-0.39, 0.29) is 6.04 Å². The second-order valence-electron chi connectivity index (χ2n) is 5.80. The summed E-state index contributed by atoms with van der Waals surface area (Å²) in [6.45, 7) is 6.29. The fourth-order valence-corrected chi connectivity index (χ4v) is 3.08. The van der Waals surface area contributed by atoms with E-state index in [1.807, 2.05) is 6.07 Å². The van der Waals surface area contributed by atoms with Gasteiger partial charge < -0.3 is 10.2 Å². The highest BCUT2D eigenvalue weighted by atomic mass is 16.3. The SMILES string of the molecule is CC(C)CN(C1CCCC1)C(CN)c1ccco1. The monoisotopic (exact) mass is 250 g/mol. The Morgan fingerprint density at radius 1 is 1.39 bits per heavy atom. The topological polar surface area (TPSA) is 42.4 Å². The average Bonchev–Trinajstić information content (AvgIpc) is 3.01. The van der Waals surface area contributed by atoms with E-state index in [2.05, 4.69) is 24.8 Å². The maximum Gasteiger partial charge on any atom is 0.122 e. The van der Waals surface area contributed by atoms with Crippen molar-refractivity contribution in [3.05, 3.63) is 24.2 Å². The van der Waals surface area contributed by atoms with Crippen molar-refractivity contribution in [2.24, 2.45) is 11.7 Å². The number of furan rings is 1. The van der Waals surface area contributed by atoms with Crippen LogP contribution in [0.3, 0.4) is 0 Å². The first kappa shape index (κ1) is 13.6. The summed E-state index contributed by atoms with van der Waals surface area (Å²) < 4.78 is 5.59. The molecular weight excluding hydrogens is 224 g/mol. The zero-order valence-corrected chi connectivity index (χ0v) is 11.6. The van der Waals surface area contributed by atoms with Gasteiger partial charge in [-0.05, 0) is 30.9 Å². The first-order chi connectivity index (χ1) is 8.72. The van der Waals surface area contributed by atoms with Gasteiger partial charge in [-0.3, -0.25) is 4.90 Å². The Hall–Kier alpha value is -0.800. The molecule has 0 aromatic carbocycles. The van der Waals surface area contributed by atoms with E-state index in [0.717, 1.165) is 12.3 Å². The molecule has 1 saturated carbocycles. The lowest BCUT2D eigenvalue weighted by Gasteiger charge is -2.36. The van der Waals surface area contributed by atoms with Gasteiger partial charge in [0.05, 0.1) is 12.3 Å². The van der Waals surface area contributed by atoms with E-state index in [4.69, 9.17) is 10.2 Å². The van der Waals surface area contributed by atoms with E-state index >= 15 is 0 Å². The highest BCUT2D eigenvalue weighted by Gasteiger charge is 2.30. The highest BCUT2D eigenvalue weighted by Crippen LogP contribution is 2.31. The van der Waals surface area contributed by atoms with E-state index in [1.54, 1.807) is 6.26 Å². The molecule has 0 saturated heterocycles. The van der Waals surface area contributed by atoms with Crippen molar-refractivity contribution in [3.63, 3.8) is 0 Å². The molecule has 1 heterocycles. The van der Waals surface area contributed by atoms with Gasteiger partial charge >= 0.3 is 0 Å². The molecule has 1 aliphatic rings. The van der Waals surface area contributed by atoms with Crippen molar-refractivity contribution in [1.29, 1.82) is 0 Å². The summed E-state index contributed by atoms with van der Waals surface area (Å²) in [6.07, 6.45) is 7.08. The summed E-state index contributed by atoms with van der Waals surface area (Å²) in [5, 5.41) is 0. The van der Waals surface area contributed by atoms with Crippen LogP contribution >= 0.6 is 0 Å². The molecule has 0 radical (unpaired) electrons. The highest BCUT2D eigenvalue weighted by molar-refractivity contribution is 5.06. The molecule has 102 valence electrons. The van der Waals surface area contributed by atoms with E-state index in [0.29, 0.717) is 18.5 Å². The van der Waals surface area contributed by atoms with Crippen molar-refractivity contribution in [2.75, 3.05) is 13.1 Å². The van der Waals surface area contributed by atoms with Crippen LogP contribution in [0.5, 0.6) is 0 Å². The molecule has 18 heavy (non-hydrogen) atoms. The summed E-state index contributed by atoms with van der Waals surface area (Å²) in [7, 11) is 0. The molecule has 2 N–H and O–H groups in total. The van der Waals surface area contributed by atoms with Crippen LogP contribution in [0.1, 0.15) is 51.3 Å². The van der Waals surface area contributed by atoms with Crippen LogP contribution in [-0.2, 0) is 0 Å². The second-order valence-corrected chi connectivity index (χ2v) is 5.80. The van der Waals surface area contributed by atoms with Crippen molar-refractivity contribution in [3.8, 4) is 0 Å². The molecule has 1 atom stereocenters. The normalized spacial score (nSPS) is 18.9. The van der Waals surface area contributed by atoms with Crippen molar-refractivity contribution in [2.45, 2.75) is 51.6 Å². The van der Waals surface area contributed by atoms with Gasteiger partial charge in [-0.25, -0.2) is 0 Å². The van der Waals surface area contributed by atoms with Crippen molar-refractivity contribution >= 4 is 0 Å². The summed E-state index contributed by atoms with van der Waals surface area (Å²) in [6, 6.07) is 4.94. The van der Waals surface area contributed by atoms with Crippen LogP contribution < -0.4 is 5.73 Å². The number of rotatable bonds is 6. The van der Waals surface area contributed by atoms with Gasteiger partial charge in [0.15, 0.2) is 0 Å². The van der Waals surface area contributed by atoms with Crippen LogP contribution in [0.4, 0.5) is 0 Å². The summed E-state index contributed by atoms with van der Waals surface area (Å²) >= 11 is 0. The fourth-order valence-electron chi connectivity index (χ4n) is 3.08. The Balaban J connectivity index is 2.14. The Labute approximate surface area is 110 Å². The molecule has 0 aliphatic heterocycles. The maximum atomic E-state index is 6.01. The Morgan fingerprint density at radius 3 is 2.61 bits per heavy atom. The number of hydrogen-bond acceptors (Lipinski definition) is 3. The third-order valence-corrected chi connectivity index (χ3v) is 3.86. The lowest BCUT2D eigenvalue weighted by atomic mass is 10.1. The van der Waals surface area contributed by atoms with Gasteiger partial charge in [0, 0.05) is 19.1 Å². The first-order valence-corrected chi connectivity index (χ1v) is 7.21. The predicted octanol–water partition coefficient (Wildman–Crippen LogP) is 3.18. The third kappa shape index (κ3) is 3.15. The molecule has 3 nitrogen and oxygen atoms in total. The van der Waals surface area contributed by atoms with E-state index < -0.39 is 0 Å². The van der Waals surface area contributed by atoms with E-state index in [9.17, 15) is 0 Å². The van der Waals surface area contributed by atoms with Crippen molar-refractivity contribution in [1.82, 2.24) is 4.90 Å². The number of nitrogens with zero attached hydrogens (tertiary/aromatic N) is 1. The molecule has 1 aromatic rings. The maximum absolute atomic E-state index is 6.01. The average molecular weight is 250 g/mol. The largest absolute Gasteiger partial charge is 0.468 e. The lowest BCUT2D eigenvalue weighted by molar-refractivity contribution is 0.107. The second kappa shape index (κ2) is 6.39. The van der Waals surface area contributed by atoms with Crippen LogP contribution in [-0.4, -0.2) is 24.0 Å².